The summed E-state index contributed by atoms with van der Waals surface area (Å²) in [6, 6.07) is 6.32. The van der Waals surface area contributed by atoms with E-state index in [9.17, 15) is 4.79 Å². The first kappa shape index (κ1) is 13.3. The molecule has 2 rings (SSSR count). The van der Waals surface area contributed by atoms with Gasteiger partial charge in [0.1, 0.15) is 0 Å². The van der Waals surface area contributed by atoms with E-state index in [1.54, 1.807) is 49.1 Å². The van der Waals surface area contributed by atoms with Crippen LogP contribution in [0.15, 0.2) is 59.3 Å². The van der Waals surface area contributed by atoms with Gasteiger partial charge in [0.05, 0.1) is 12.4 Å². The molecule has 7 heteroatoms. The number of nitrogens with two attached hydrogens (primary N) is 1. The van der Waals surface area contributed by atoms with Crippen LogP contribution in [0.2, 0.25) is 0 Å². The van der Waals surface area contributed by atoms with Crippen LogP contribution in [0, 0.1) is 0 Å². The monoisotopic (exact) mass is 268 g/mol. The normalized spacial score (nSPS) is 11.0. The van der Waals surface area contributed by atoms with Crippen molar-refractivity contribution in [3.8, 4) is 0 Å². The highest BCUT2D eigenvalue weighted by Gasteiger charge is 2.04. The molecule has 0 fully saturated rings. The van der Waals surface area contributed by atoms with Crippen LogP contribution < -0.4 is 5.73 Å². The minimum absolute atomic E-state index is 0.732. The topological polar surface area (TPSA) is 96.8 Å². The number of hydrazone groups is 2. The summed E-state index contributed by atoms with van der Waals surface area (Å²) < 4.78 is 0. The average molecular weight is 268 g/mol. The van der Waals surface area contributed by atoms with Gasteiger partial charge in [-0.25, -0.2) is 4.79 Å². The van der Waals surface area contributed by atoms with E-state index in [4.69, 9.17) is 5.73 Å². The van der Waals surface area contributed by atoms with Gasteiger partial charge in [-0.15, -0.1) is 0 Å². The van der Waals surface area contributed by atoms with Gasteiger partial charge < -0.3 is 5.73 Å². The number of amides is 2. The molecule has 0 aromatic carbocycles. The van der Waals surface area contributed by atoms with Crippen LogP contribution in [0.3, 0.4) is 0 Å². The lowest BCUT2D eigenvalue weighted by Crippen LogP contribution is -2.27. The predicted molar refractivity (Wildman–Crippen MR) is 75.1 cm³/mol. The van der Waals surface area contributed by atoms with E-state index in [1.165, 1.54) is 12.4 Å². The van der Waals surface area contributed by atoms with E-state index >= 15 is 0 Å². The second kappa shape index (κ2) is 6.74. The molecule has 0 saturated carbocycles. The van der Waals surface area contributed by atoms with Crippen LogP contribution in [-0.4, -0.2) is 33.5 Å². The number of urea groups is 1. The van der Waals surface area contributed by atoms with Crippen molar-refractivity contribution in [2.24, 2.45) is 15.9 Å². The summed E-state index contributed by atoms with van der Waals surface area (Å²) in [4.78, 5) is 19.1. The van der Waals surface area contributed by atoms with Gasteiger partial charge in [0.25, 0.3) is 0 Å². The Morgan fingerprint density at radius 1 is 1.05 bits per heavy atom. The zero-order valence-corrected chi connectivity index (χ0v) is 10.5. The molecular formula is C13H12N6O. The van der Waals surface area contributed by atoms with Crippen molar-refractivity contribution in [3.63, 3.8) is 0 Å². The third-order valence-corrected chi connectivity index (χ3v) is 2.20. The Bertz CT molecular complexity index is 562. The number of pyridine rings is 2. The van der Waals surface area contributed by atoms with Gasteiger partial charge in [0, 0.05) is 35.9 Å². The molecule has 2 aromatic rings. The van der Waals surface area contributed by atoms with E-state index < -0.39 is 6.03 Å². The van der Waals surface area contributed by atoms with Crippen LogP contribution in [0.25, 0.3) is 0 Å². The molecule has 2 heterocycles. The summed E-state index contributed by atoms with van der Waals surface area (Å²) in [7, 11) is 0. The molecule has 7 nitrogen and oxygen atoms in total. The SMILES string of the molecule is NC(=O)N(N=Cc1cccnc1)N=Cc1cccnc1. The summed E-state index contributed by atoms with van der Waals surface area (Å²) in [6.45, 7) is 0. The second-order valence-corrected chi connectivity index (χ2v) is 3.69. The number of hydrogen-bond donors (Lipinski definition) is 1. The lowest BCUT2D eigenvalue weighted by atomic mass is 10.3. The molecule has 2 amide bonds. The number of carbonyl (C=O) groups excluding carboxylic acids is 1. The molecule has 0 aliphatic rings. The van der Waals surface area contributed by atoms with Crippen molar-refractivity contribution < 1.29 is 4.79 Å². The Hall–Kier alpha value is -3.09. The van der Waals surface area contributed by atoms with E-state index in [1.807, 2.05) is 0 Å². The highest BCUT2D eigenvalue weighted by Crippen LogP contribution is 1.97. The average Bonchev–Trinajstić information content (AvgIpc) is 2.49. The van der Waals surface area contributed by atoms with Gasteiger partial charge in [-0.1, -0.05) is 17.3 Å². The van der Waals surface area contributed by atoms with Gasteiger partial charge in [-0.2, -0.15) is 10.2 Å². The smallest absolute Gasteiger partial charge is 0.348 e. The van der Waals surface area contributed by atoms with Gasteiger partial charge in [-0.3, -0.25) is 9.97 Å². The molecule has 100 valence electrons. The largest absolute Gasteiger partial charge is 0.356 e. The minimum atomic E-state index is -0.787. The van der Waals surface area contributed by atoms with Crippen molar-refractivity contribution in [2.45, 2.75) is 0 Å². The number of hydrogen-bond acceptors (Lipinski definition) is 5. The Morgan fingerprint density at radius 3 is 1.90 bits per heavy atom. The van der Waals surface area contributed by atoms with E-state index in [0.29, 0.717) is 0 Å². The zero-order chi connectivity index (χ0) is 14.2. The maximum atomic E-state index is 11.2. The number of nitrogens with zero attached hydrogens (tertiary/aromatic N) is 5. The molecular weight excluding hydrogens is 256 g/mol. The summed E-state index contributed by atoms with van der Waals surface area (Å²) >= 11 is 0. The molecule has 0 spiro atoms. The fraction of sp³-hybridized carbons (Fsp3) is 0. The molecule has 2 aromatic heterocycles. The van der Waals surface area contributed by atoms with Gasteiger partial charge in [0.15, 0.2) is 0 Å². The molecule has 0 bridgehead atoms. The maximum absolute atomic E-state index is 11.2. The minimum Gasteiger partial charge on any atom is -0.348 e. The lowest BCUT2D eigenvalue weighted by Gasteiger charge is -2.06. The molecule has 20 heavy (non-hydrogen) atoms. The molecule has 0 aliphatic carbocycles. The second-order valence-electron chi connectivity index (χ2n) is 3.69. The molecule has 0 saturated heterocycles. The standard InChI is InChI=1S/C13H12N6O/c14-13(20)19(17-9-11-3-1-5-15-7-11)18-10-12-4-2-6-16-8-12/h1-10H,(H2,14,20). The molecule has 0 atom stereocenters. The quantitative estimate of drug-likeness (QED) is 0.667. The molecule has 2 N–H and O–H groups in total. The summed E-state index contributed by atoms with van der Waals surface area (Å²) in [5, 5.41) is 8.56. The van der Waals surface area contributed by atoms with Crippen molar-refractivity contribution in [1.29, 1.82) is 0 Å². The highest BCUT2D eigenvalue weighted by atomic mass is 16.2. The summed E-state index contributed by atoms with van der Waals surface area (Å²) in [5.41, 5.74) is 6.66. The third kappa shape index (κ3) is 3.98. The fourth-order valence-corrected chi connectivity index (χ4v) is 1.29. The Kier molecular flexibility index (Phi) is 4.50. The summed E-state index contributed by atoms with van der Waals surface area (Å²) in [6.07, 6.45) is 9.38. The zero-order valence-electron chi connectivity index (χ0n) is 10.5. The molecule has 0 radical (unpaired) electrons. The predicted octanol–water partition coefficient (Wildman–Crippen LogP) is 1.23. The van der Waals surface area contributed by atoms with Crippen molar-refractivity contribution in [3.05, 3.63) is 60.2 Å². The summed E-state index contributed by atoms with van der Waals surface area (Å²) in [5.74, 6) is 0. The first-order chi connectivity index (χ1) is 9.75. The van der Waals surface area contributed by atoms with Crippen molar-refractivity contribution in [1.82, 2.24) is 15.1 Å². The Morgan fingerprint density at radius 2 is 1.55 bits per heavy atom. The van der Waals surface area contributed by atoms with Crippen LogP contribution in [0.1, 0.15) is 11.1 Å². The van der Waals surface area contributed by atoms with E-state index in [0.717, 1.165) is 16.2 Å². The van der Waals surface area contributed by atoms with Gasteiger partial charge in [-0.05, 0) is 12.1 Å². The Labute approximate surface area is 115 Å². The number of aromatic nitrogens is 2. The van der Waals surface area contributed by atoms with Crippen LogP contribution in [0.5, 0.6) is 0 Å². The van der Waals surface area contributed by atoms with Crippen molar-refractivity contribution >= 4 is 18.5 Å². The molecule has 0 aliphatic heterocycles. The number of primary amides is 1. The number of rotatable bonds is 4. The van der Waals surface area contributed by atoms with Crippen LogP contribution in [0.4, 0.5) is 4.79 Å². The fourth-order valence-electron chi connectivity index (χ4n) is 1.29. The van der Waals surface area contributed by atoms with Crippen molar-refractivity contribution in [2.75, 3.05) is 0 Å². The van der Waals surface area contributed by atoms with Gasteiger partial charge in [0.2, 0.25) is 0 Å². The van der Waals surface area contributed by atoms with Crippen LogP contribution >= 0.6 is 0 Å². The van der Waals surface area contributed by atoms with Gasteiger partial charge >= 0.3 is 6.03 Å². The first-order valence-corrected chi connectivity index (χ1v) is 5.73. The van der Waals surface area contributed by atoms with Crippen LogP contribution in [-0.2, 0) is 0 Å². The Balaban J connectivity index is 2.10. The highest BCUT2D eigenvalue weighted by molar-refractivity contribution is 5.83. The van der Waals surface area contributed by atoms with E-state index in [2.05, 4.69) is 20.2 Å². The first-order valence-electron chi connectivity index (χ1n) is 5.73. The number of carbonyl (C=O) groups is 1. The lowest BCUT2D eigenvalue weighted by molar-refractivity contribution is 0.213. The maximum Gasteiger partial charge on any atom is 0.356 e. The molecule has 0 unspecified atom stereocenters. The third-order valence-electron chi connectivity index (χ3n) is 2.20. The van der Waals surface area contributed by atoms with E-state index in [-0.39, 0.29) is 0 Å².